The zero-order valence-electron chi connectivity index (χ0n) is 15.1. The first-order chi connectivity index (χ1) is 12.9. The van der Waals surface area contributed by atoms with Gasteiger partial charge in [-0.2, -0.15) is 0 Å². The summed E-state index contributed by atoms with van der Waals surface area (Å²) < 4.78 is 5.81. The van der Waals surface area contributed by atoms with Crippen molar-refractivity contribution in [3.05, 3.63) is 77.7 Å². The van der Waals surface area contributed by atoms with Crippen LogP contribution in [0, 0.1) is 0 Å². The van der Waals surface area contributed by atoms with Gasteiger partial charge in [0.2, 0.25) is 0 Å². The molecule has 0 unspecified atom stereocenters. The van der Waals surface area contributed by atoms with Crippen molar-refractivity contribution >= 4 is 17.5 Å². The van der Waals surface area contributed by atoms with Crippen LogP contribution in [0.25, 0.3) is 11.3 Å². The molecule has 0 saturated carbocycles. The first kappa shape index (κ1) is 18.9. The summed E-state index contributed by atoms with van der Waals surface area (Å²) in [6.07, 6.45) is 5.20. The van der Waals surface area contributed by atoms with Gasteiger partial charge in [0.05, 0.1) is 5.69 Å². The molecule has 27 heavy (non-hydrogen) atoms. The predicted molar refractivity (Wildman–Crippen MR) is 105 cm³/mol. The Hall–Kier alpha value is -2.92. The fraction of sp³-hybridized carbons (Fsp3) is 0.190. The van der Waals surface area contributed by atoms with Gasteiger partial charge in [0.25, 0.3) is 5.91 Å². The molecule has 0 spiro atoms. The molecular formula is C21H20ClN3O2. The molecule has 0 atom stereocenters. The number of aromatic nitrogens is 2. The van der Waals surface area contributed by atoms with E-state index in [0.717, 1.165) is 16.8 Å². The molecule has 2 heterocycles. The van der Waals surface area contributed by atoms with Crippen molar-refractivity contribution < 1.29 is 9.53 Å². The van der Waals surface area contributed by atoms with Crippen LogP contribution in [0.1, 0.15) is 19.4 Å². The van der Waals surface area contributed by atoms with Crippen LogP contribution in [0.4, 0.5) is 0 Å². The zero-order valence-corrected chi connectivity index (χ0v) is 15.9. The van der Waals surface area contributed by atoms with Gasteiger partial charge in [0.1, 0.15) is 5.75 Å². The molecule has 5 nitrogen and oxygen atoms in total. The zero-order chi connectivity index (χ0) is 19.3. The van der Waals surface area contributed by atoms with Gasteiger partial charge in [0, 0.05) is 35.7 Å². The molecule has 0 aliphatic carbocycles. The van der Waals surface area contributed by atoms with Crippen molar-refractivity contribution in [3.63, 3.8) is 0 Å². The highest BCUT2D eigenvalue weighted by molar-refractivity contribution is 6.30. The van der Waals surface area contributed by atoms with Crippen molar-refractivity contribution in [1.29, 1.82) is 0 Å². The molecule has 2 aromatic heterocycles. The number of halogens is 1. The molecule has 1 aromatic carbocycles. The van der Waals surface area contributed by atoms with Crippen molar-refractivity contribution in [3.8, 4) is 17.0 Å². The smallest absolute Gasteiger partial charge is 0.263 e. The molecular weight excluding hydrogens is 362 g/mol. The number of nitrogens with one attached hydrogen (secondary N) is 1. The van der Waals surface area contributed by atoms with Crippen LogP contribution in [0.5, 0.6) is 5.75 Å². The van der Waals surface area contributed by atoms with Gasteiger partial charge in [0.15, 0.2) is 5.60 Å². The highest BCUT2D eigenvalue weighted by atomic mass is 35.5. The van der Waals surface area contributed by atoms with Crippen LogP contribution in [-0.2, 0) is 11.3 Å². The second-order valence-electron chi connectivity index (χ2n) is 6.54. The molecule has 6 heteroatoms. The summed E-state index contributed by atoms with van der Waals surface area (Å²) in [6.45, 7) is 3.83. The maximum Gasteiger partial charge on any atom is 0.263 e. The van der Waals surface area contributed by atoms with E-state index in [9.17, 15) is 4.79 Å². The maximum absolute atomic E-state index is 12.6. The molecule has 1 amide bonds. The van der Waals surface area contributed by atoms with Crippen LogP contribution >= 0.6 is 11.6 Å². The fourth-order valence-electron chi connectivity index (χ4n) is 2.50. The Morgan fingerprint density at radius 3 is 2.63 bits per heavy atom. The average molecular weight is 382 g/mol. The van der Waals surface area contributed by atoms with E-state index >= 15 is 0 Å². The molecule has 0 bridgehead atoms. The van der Waals surface area contributed by atoms with Crippen molar-refractivity contribution in [2.45, 2.75) is 26.0 Å². The number of pyridine rings is 2. The van der Waals surface area contributed by atoms with Crippen molar-refractivity contribution in [2.75, 3.05) is 0 Å². The van der Waals surface area contributed by atoms with Crippen LogP contribution in [0.15, 0.2) is 67.1 Å². The fourth-order valence-corrected chi connectivity index (χ4v) is 2.62. The third-order valence-corrected chi connectivity index (χ3v) is 4.22. The van der Waals surface area contributed by atoms with Crippen molar-refractivity contribution in [2.24, 2.45) is 0 Å². The van der Waals surface area contributed by atoms with Crippen LogP contribution in [0.3, 0.4) is 0 Å². The highest BCUT2D eigenvalue weighted by Gasteiger charge is 2.29. The summed E-state index contributed by atoms with van der Waals surface area (Å²) in [6, 6.07) is 14.5. The second-order valence-corrected chi connectivity index (χ2v) is 6.98. The Morgan fingerprint density at radius 2 is 1.93 bits per heavy atom. The number of carbonyl (C=O) groups is 1. The lowest BCUT2D eigenvalue weighted by Crippen LogP contribution is -2.46. The number of amides is 1. The molecule has 3 rings (SSSR count). The molecule has 1 N–H and O–H groups in total. The monoisotopic (exact) mass is 381 g/mol. The first-order valence-corrected chi connectivity index (χ1v) is 8.90. The van der Waals surface area contributed by atoms with Crippen LogP contribution in [-0.4, -0.2) is 21.5 Å². The minimum atomic E-state index is -1.02. The van der Waals surface area contributed by atoms with Gasteiger partial charge in [-0.1, -0.05) is 11.6 Å². The van der Waals surface area contributed by atoms with Crippen LogP contribution < -0.4 is 10.1 Å². The van der Waals surface area contributed by atoms with Gasteiger partial charge in [-0.05, 0) is 67.9 Å². The summed E-state index contributed by atoms with van der Waals surface area (Å²) in [7, 11) is 0. The lowest BCUT2D eigenvalue weighted by atomic mass is 10.1. The summed E-state index contributed by atoms with van der Waals surface area (Å²) in [4.78, 5) is 21.0. The van der Waals surface area contributed by atoms with E-state index in [4.69, 9.17) is 16.3 Å². The summed E-state index contributed by atoms with van der Waals surface area (Å²) in [5.74, 6) is 0.375. The quantitative estimate of drug-likeness (QED) is 0.692. The standard InChI is InChI=1S/C21H20ClN3O2/c1-21(2,27-18-7-5-17(22)6-8-18)20(26)25-13-15-9-11-24-19(12-15)16-4-3-10-23-14-16/h3-12,14H,13H2,1-2H3,(H,25,26). The average Bonchev–Trinajstić information content (AvgIpc) is 2.68. The number of carbonyl (C=O) groups excluding carboxylic acids is 1. The van der Waals surface area contributed by atoms with Gasteiger partial charge < -0.3 is 10.1 Å². The number of nitrogens with zero attached hydrogens (tertiary/aromatic N) is 2. The first-order valence-electron chi connectivity index (χ1n) is 8.52. The molecule has 3 aromatic rings. The van der Waals surface area contributed by atoms with E-state index in [1.54, 1.807) is 56.7 Å². The second kappa shape index (κ2) is 8.18. The lowest BCUT2D eigenvalue weighted by Gasteiger charge is -2.25. The predicted octanol–water partition coefficient (Wildman–Crippen LogP) is 4.27. The van der Waals surface area contributed by atoms with Crippen LogP contribution in [0.2, 0.25) is 5.02 Å². The van der Waals surface area contributed by atoms with Crippen molar-refractivity contribution in [1.82, 2.24) is 15.3 Å². The summed E-state index contributed by atoms with van der Waals surface area (Å²) in [5, 5.41) is 3.53. The summed E-state index contributed by atoms with van der Waals surface area (Å²) in [5.41, 5.74) is 1.66. The Kier molecular flexibility index (Phi) is 5.72. The van der Waals surface area contributed by atoms with Gasteiger partial charge in [-0.15, -0.1) is 0 Å². The number of rotatable bonds is 6. The third kappa shape index (κ3) is 5.05. The minimum absolute atomic E-state index is 0.211. The van der Waals surface area contributed by atoms with Gasteiger partial charge in [-0.25, -0.2) is 0 Å². The van der Waals surface area contributed by atoms with E-state index in [0.29, 0.717) is 17.3 Å². The molecule has 0 aliphatic rings. The van der Waals surface area contributed by atoms with Gasteiger partial charge >= 0.3 is 0 Å². The Labute approximate surface area is 163 Å². The van der Waals surface area contributed by atoms with E-state index < -0.39 is 5.60 Å². The van der Waals surface area contributed by atoms with E-state index in [-0.39, 0.29) is 5.91 Å². The minimum Gasteiger partial charge on any atom is -0.478 e. The van der Waals surface area contributed by atoms with E-state index in [2.05, 4.69) is 15.3 Å². The normalized spacial score (nSPS) is 11.1. The Morgan fingerprint density at radius 1 is 1.15 bits per heavy atom. The number of ether oxygens (including phenoxy) is 1. The largest absolute Gasteiger partial charge is 0.478 e. The molecule has 138 valence electrons. The molecule has 0 saturated heterocycles. The highest BCUT2D eigenvalue weighted by Crippen LogP contribution is 2.21. The molecule has 0 aliphatic heterocycles. The Bertz CT molecular complexity index is 912. The topological polar surface area (TPSA) is 64.1 Å². The number of hydrogen-bond acceptors (Lipinski definition) is 4. The third-order valence-electron chi connectivity index (χ3n) is 3.97. The SMILES string of the molecule is CC(C)(Oc1ccc(Cl)cc1)C(=O)NCc1ccnc(-c2cccnc2)c1. The number of benzene rings is 1. The van der Waals surface area contributed by atoms with Gasteiger partial charge in [-0.3, -0.25) is 14.8 Å². The lowest BCUT2D eigenvalue weighted by molar-refractivity contribution is -0.134. The summed E-state index contributed by atoms with van der Waals surface area (Å²) >= 11 is 5.88. The molecule has 0 radical (unpaired) electrons. The number of hydrogen-bond donors (Lipinski definition) is 1. The molecule has 0 fully saturated rings. The maximum atomic E-state index is 12.6. The van der Waals surface area contributed by atoms with E-state index in [1.807, 2.05) is 24.3 Å². The van der Waals surface area contributed by atoms with E-state index in [1.165, 1.54) is 0 Å². The Balaban J connectivity index is 1.63.